The van der Waals surface area contributed by atoms with Crippen LogP contribution in [0.2, 0.25) is 0 Å². The van der Waals surface area contributed by atoms with Crippen molar-refractivity contribution in [3.05, 3.63) is 83.0 Å². The maximum atomic E-state index is 12.4. The lowest BCUT2D eigenvalue weighted by molar-refractivity contribution is 0.0951. The zero-order valence-corrected chi connectivity index (χ0v) is 19.5. The number of hydrogen-bond donors (Lipinski definition) is 1. The van der Waals surface area contributed by atoms with Crippen molar-refractivity contribution in [3.63, 3.8) is 0 Å². The van der Waals surface area contributed by atoms with Crippen LogP contribution in [0, 0.1) is 0 Å². The molecule has 0 aliphatic carbocycles. The number of morpholine rings is 1. The number of anilines is 1. The maximum Gasteiger partial charge on any atom is 0.251 e. The topological polar surface area (TPSA) is 76.6 Å². The zero-order chi connectivity index (χ0) is 22.9. The normalized spacial score (nSPS) is 13.7. The molecule has 172 valence electrons. The van der Waals surface area contributed by atoms with Gasteiger partial charge in [-0.3, -0.25) is 4.79 Å². The summed E-state index contributed by atoms with van der Waals surface area (Å²) < 4.78 is 10.7. The molecule has 0 saturated carbocycles. The number of benzene rings is 2. The predicted octanol–water partition coefficient (Wildman–Crippen LogP) is 3.68. The van der Waals surface area contributed by atoms with Gasteiger partial charge in [-0.2, -0.15) is 0 Å². The molecule has 0 spiro atoms. The number of amides is 1. The number of carbonyl (C=O) groups excluding carboxylic acids is 1. The van der Waals surface area contributed by atoms with E-state index in [-0.39, 0.29) is 5.91 Å². The van der Waals surface area contributed by atoms with Gasteiger partial charge < -0.3 is 19.7 Å². The molecule has 1 saturated heterocycles. The third-order valence-corrected chi connectivity index (χ3v) is 6.17. The highest BCUT2D eigenvalue weighted by molar-refractivity contribution is 7.98. The van der Waals surface area contributed by atoms with Crippen LogP contribution in [0.4, 0.5) is 5.82 Å². The molecular weight excluding hydrogens is 436 g/mol. The highest BCUT2D eigenvalue weighted by atomic mass is 32.2. The summed E-state index contributed by atoms with van der Waals surface area (Å²) in [5.41, 5.74) is 3.69. The molecule has 2 aromatic carbocycles. The summed E-state index contributed by atoms with van der Waals surface area (Å²) in [6, 6.07) is 19.5. The van der Waals surface area contributed by atoms with Crippen molar-refractivity contribution in [2.24, 2.45) is 0 Å². The van der Waals surface area contributed by atoms with Crippen LogP contribution in [0.3, 0.4) is 0 Å². The van der Waals surface area contributed by atoms with Crippen molar-refractivity contribution >= 4 is 23.5 Å². The minimum Gasteiger partial charge on any atom is -0.378 e. The van der Waals surface area contributed by atoms with Gasteiger partial charge in [-0.15, -0.1) is 0 Å². The van der Waals surface area contributed by atoms with E-state index in [0.29, 0.717) is 37.7 Å². The lowest BCUT2D eigenvalue weighted by Gasteiger charge is -2.28. The summed E-state index contributed by atoms with van der Waals surface area (Å²) in [6.07, 6.45) is 0. The molecule has 3 aromatic rings. The number of methoxy groups -OCH3 is 1. The molecule has 0 radical (unpaired) electrons. The Labute approximate surface area is 198 Å². The van der Waals surface area contributed by atoms with E-state index in [1.165, 1.54) is 0 Å². The SMILES string of the molecule is COCc1cc(N2CCOCC2)nc(SCc2ccc(C(=O)NCc3ccccc3)cc2)n1. The van der Waals surface area contributed by atoms with E-state index in [9.17, 15) is 4.79 Å². The van der Waals surface area contributed by atoms with E-state index in [2.05, 4.69) is 15.2 Å². The van der Waals surface area contributed by atoms with Crippen LogP contribution in [-0.2, 0) is 28.4 Å². The van der Waals surface area contributed by atoms with Crippen molar-refractivity contribution in [3.8, 4) is 0 Å². The molecule has 33 heavy (non-hydrogen) atoms. The van der Waals surface area contributed by atoms with E-state index in [1.807, 2.05) is 60.7 Å². The van der Waals surface area contributed by atoms with Gasteiger partial charge in [0.25, 0.3) is 5.91 Å². The average molecular weight is 465 g/mol. The van der Waals surface area contributed by atoms with Crippen LogP contribution >= 0.6 is 11.8 Å². The van der Waals surface area contributed by atoms with Gasteiger partial charge in [0.05, 0.1) is 25.5 Å². The second kappa shape index (κ2) is 11.8. The fraction of sp³-hybridized carbons (Fsp3) is 0.320. The molecule has 1 aromatic heterocycles. The molecule has 1 fully saturated rings. The molecule has 2 heterocycles. The van der Waals surface area contributed by atoms with Gasteiger partial charge in [0.15, 0.2) is 5.16 Å². The molecule has 0 atom stereocenters. The number of nitrogens with one attached hydrogen (secondary N) is 1. The second-order valence-corrected chi connectivity index (χ2v) is 8.63. The van der Waals surface area contributed by atoms with Gasteiger partial charge >= 0.3 is 0 Å². The first-order valence-corrected chi connectivity index (χ1v) is 11.9. The Bertz CT molecular complexity index is 1040. The highest BCUT2D eigenvalue weighted by Crippen LogP contribution is 2.24. The number of thioether (sulfide) groups is 1. The van der Waals surface area contributed by atoms with Gasteiger partial charge in [0, 0.05) is 44.1 Å². The average Bonchev–Trinajstić information content (AvgIpc) is 2.87. The summed E-state index contributed by atoms with van der Waals surface area (Å²) in [5, 5.41) is 3.68. The maximum absolute atomic E-state index is 12.4. The fourth-order valence-corrected chi connectivity index (χ4v) is 4.31. The summed E-state index contributed by atoms with van der Waals surface area (Å²) in [6.45, 7) is 4.01. The van der Waals surface area contributed by atoms with Crippen molar-refractivity contribution in [1.82, 2.24) is 15.3 Å². The highest BCUT2D eigenvalue weighted by Gasteiger charge is 2.15. The van der Waals surface area contributed by atoms with Crippen LogP contribution in [0.1, 0.15) is 27.2 Å². The smallest absolute Gasteiger partial charge is 0.251 e. The van der Waals surface area contributed by atoms with Gasteiger partial charge in [-0.05, 0) is 23.3 Å². The van der Waals surface area contributed by atoms with Crippen LogP contribution in [-0.4, -0.2) is 49.3 Å². The lowest BCUT2D eigenvalue weighted by Crippen LogP contribution is -2.37. The number of aromatic nitrogens is 2. The van der Waals surface area contributed by atoms with Crippen molar-refractivity contribution < 1.29 is 14.3 Å². The number of rotatable bonds is 9. The molecule has 1 amide bonds. The predicted molar refractivity (Wildman–Crippen MR) is 129 cm³/mol. The van der Waals surface area contributed by atoms with Crippen LogP contribution in [0.25, 0.3) is 0 Å². The van der Waals surface area contributed by atoms with Crippen molar-refractivity contribution in [2.75, 3.05) is 38.3 Å². The third kappa shape index (κ3) is 6.77. The van der Waals surface area contributed by atoms with E-state index in [4.69, 9.17) is 14.5 Å². The van der Waals surface area contributed by atoms with Gasteiger partial charge in [-0.25, -0.2) is 9.97 Å². The third-order valence-electron chi connectivity index (χ3n) is 5.25. The van der Waals surface area contributed by atoms with E-state index in [0.717, 1.165) is 40.9 Å². The molecule has 1 aliphatic rings. The lowest BCUT2D eigenvalue weighted by atomic mass is 10.1. The van der Waals surface area contributed by atoms with Crippen molar-refractivity contribution in [1.29, 1.82) is 0 Å². The first-order valence-electron chi connectivity index (χ1n) is 10.9. The number of hydrogen-bond acceptors (Lipinski definition) is 7. The number of nitrogens with zero attached hydrogens (tertiary/aromatic N) is 3. The Balaban J connectivity index is 1.36. The number of ether oxygens (including phenoxy) is 2. The number of carbonyl (C=O) groups is 1. The summed E-state index contributed by atoms with van der Waals surface area (Å²) >= 11 is 1.58. The minimum atomic E-state index is -0.0798. The molecular formula is C25H28N4O3S. The Hall–Kier alpha value is -2.94. The molecule has 0 unspecified atom stereocenters. The first kappa shape index (κ1) is 23.2. The summed E-state index contributed by atoms with van der Waals surface area (Å²) in [5.74, 6) is 1.54. The Morgan fingerprint density at radius 3 is 2.55 bits per heavy atom. The first-order chi connectivity index (χ1) is 16.2. The molecule has 7 nitrogen and oxygen atoms in total. The van der Waals surface area contributed by atoms with E-state index in [1.54, 1.807) is 18.9 Å². The van der Waals surface area contributed by atoms with E-state index < -0.39 is 0 Å². The van der Waals surface area contributed by atoms with Gasteiger partial charge in [-0.1, -0.05) is 54.2 Å². The van der Waals surface area contributed by atoms with Crippen LogP contribution in [0.5, 0.6) is 0 Å². The van der Waals surface area contributed by atoms with Gasteiger partial charge in [0.1, 0.15) is 5.82 Å². The Morgan fingerprint density at radius 2 is 1.82 bits per heavy atom. The van der Waals surface area contributed by atoms with E-state index >= 15 is 0 Å². The summed E-state index contributed by atoms with van der Waals surface area (Å²) in [7, 11) is 1.67. The summed E-state index contributed by atoms with van der Waals surface area (Å²) in [4.78, 5) is 24.0. The monoisotopic (exact) mass is 464 g/mol. The van der Waals surface area contributed by atoms with Crippen molar-refractivity contribution in [2.45, 2.75) is 24.1 Å². The van der Waals surface area contributed by atoms with Gasteiger partial charge in [0.2, 0.25) is 0 Å². The standard InChI is InChI=1S/C25H28N4O3S/c1-31-17-22-15-23(29-11-13-32-14-12-29)28-25(27-22)33-18-20-7-9-21(10-8-20)24(30)26-16-19-5-3-2-4-6-19/h2-10,15H,11-14,16-18H2,1H3,(H,26,30). The minimum absolute atomic E-state index is 0.0798. The Kier molecular flexibility index (Phi) is 8.30. The van der Waals surface area contributed by atoms with Crippen LogP contribution in [0.15, 0.2) is 65.8 Å². The molecule has 0 bridgehead atoms. The largest absolute Gasteiger partial charge is 0.378 e. The molecule has 8 heteroatoms. The van der Waals surface area contributed by atoms with Crippen LogP contribution < -0.4 is 10.2 Å². The molecule has 1 N–H and O–H groups in total. The quantitative estimate of drug-likeness (QED) is 0.382. The fourth-order valence-electron chi connectivity index (χ4n) is 3.48. The second-order valence-electron chi connectivity index (χ2n) is 7.69. The zero-order valence-electron chi connectivity index (χ0n) is 18.7. The molecule has 4 rings (SSSR count). The molecule has 1 aliphatic heterocycles. The Morgan fingerprint density at radius 1 is 1.06 bits per heavy atom.